The summed E-state index contributed by atoms with van der Waals surface area (Å²) in [4.78, 5) is 0. The average molecular weight is 413 g/mol. The maximum absolute atomic E-state index is 9.83. The number of methoxy groups -OCH3 is 1. The van der Waals surface area contributed by atoms with Crippen molar-refractivity contribution in [3.05, 3.63) is 72.8 Å². The molecule has 0 spiro atoms. The van der Waals surface area contributed by atoms with Gasteiger partial charge in [-0.2, -0.15) is 0 Å². The first-order valence-corrected chi connectivity index (χ1v) is 12.1. The predicted molar refractivity (Wildman–Crippen MR) is 119 cm³/mol. The van der Waals surface area contributed by atoms with Crippen molar-refractivity contribution in [2.45, 2.75) is 38.2 Å². The highest BCUT2D eigenvalue weighted by Crippen LogP contribution is 2.37. The fraction of sp³-hybridized carbons (Fsp3) is 0.417. The van der Waals surface area contributed by atoms with Crippen molar-refractivity contribution in [3.63, 3.8) is 0 Å². The van der Waals surface area contributed by atoms with Crippen molar-refractivity contribution in [1.29, 1.82) is 0 Å². The molecular weight excluding hydrogens is 380 g/mol. The van der Waals surface area contributed by atoms with Gasteiger partial charge >= 0.3 is 0 Å². The van der Waals surface area contributed by atoms with Gasteiger partial charge in [0.1, 0.15) is 0 Å². The Morgan fingerprint density at radius 1 is 0.931 bits per heavy atom. The van der Waals surface area contributed by atoms with E-state index in [1.165, 1.54) is 10.4 Å². The van der Waals surface area contributed by atoms with Gasteiger partial charge in [-0.1, -0.05) is 87.5 Å². The highest BCUT2D eigenvalue weighted by molar-refractivity contribution is 6.99. The second kappa shape index (κ2) is 9.37. The molecule has 0 amide bonds. The van der Waals surface area contributed by atoms with Gasteiger partial charge in [0.05, 0.1) is 19.3 Å². The molecular formula is C24H32O4Si. The van der Waals surface area contributed by atoms with Crippen LogP contribution in [0.15, 0.2) is 72.8 Å². The van der Waals surface area contributed by atoms with Crippen LogP contribution in [0.1, 0.15) is 20.8 Å². The third-order valence-corrected chi connectivity index (χ3v) is 10.6. The Morgan fingerprint density at radius 3 is 1.93 bits per heavy atom. The van der Waals surface area contributed by atoms with E-state index in [1.807, 2.05) is 24.3 Å². The first-order chi connectivity index (χ1) is 13.9. The lowest BCUT2D eigenvalue weighted by Gasteiger charge is -2.44. The van der Waals surface area contributed by atoms with Crippen LogP contribution in [0.3, 0.4) is 0 Å². The largest absolute Gasteiger partial charge is 0.405 e. The molecule has 0 unspecified atom stereocenters. The van der Waals surface area contributed by atoms with Crippen LogP contribution in [0.2, 0.25) is 5.04 Å². The van der Waals surface area contributed by atoms with Crippen LogP contribution in [0.4, 0.5) is 0 Å². The molecule has 1 heterocycles. The second-order valence-electron chi connectivity index (χ2n) is 8.48. The molecule has 0 aliphatic carbocycles. The first-order valence-electron chi connectivity index (χ1n) is 10.1. The molecule has 0 radical (unpaired) electrons. The molecule has 0 fully saturated rings. The molecule has 3 atom stereocenters. The monoisotopic (exact) mass is 412 g/mol. The molecule has 156 valence electrons. The Morgan fingerprint density at radius 2 is 1.48 bits per heavy atom. The second-order valence-corrected chi connectivity index (χ2v) is 12.8. The molecule has 2 aromatic carbocycles. The van der Waals surface area contributed by atoms with Gasteiger partial charge in [0.25, 0.3) is 8.32 Å². The van der Waals surface area contributed by atoms with Crippen LogP contribution in [-0.4, -0.2) is 46.1 Å². The SMILES string of the molecule is CO[C@@H]1C=C[C@H](CO)[C@@H](CO[Si](c2ccccc2)(c2ccccc2)C(C)(C)C)O1. The Bertz CT molecular complexity index is 746. The van der Waals surface area contributed by atoms with Gasteiger partial charge in [-0.25, -0.2) is 0 Å². The first kappa shape index (κ1) is 21.9. The van der Waals surface area contributed by atoms with Crippen molar-refractivity contribution in [3.8, 4) is 0 Å². The molecule has 5 heteroatoms. The third kappa shape index (κ3) is 4.54. The number of rotatable bonds is 7. The highest BCUT2D eigenvalue weighted by Gasteiger charge is 2.50. The summed E-state index contributed by atoms with van der Waals surface area (Å²) in [5.74, 6) is -0.111. The lowest BCUT2D eigenvalue weighted by molar-refractivity contribution is -0.157. The van der Waals surface area contributed by atoms with Crippen LogP contribution in [0.25, 0.3) is 0 Å². The van der Waals surface area contributed by atoms with Crippen molar-refractivity contribution in [1.82, 2.24) is 0 Å². The molecule has 1 aliphatic rings. The predicted octanol–water partition coefficient (Wildman–Crippen LogP) is 3.10. The zero-order valence-corrected chi connectivity index (χ0v) is 18.7. The molecule has 0 aromatic heterocycles. The summed E-state index contributed by atoms with van der Waals surface area (Å²) in [6.07, 6.45) is 3.14. The summed E-state index contributed by atoms with van der Waals surface area (Å²) < 4.78 is 18.3. The van der Waals surface area contributed by atoms with Crippen LogP contribution in [0, 0.1) is 5.92 Å². The van der Waals surface area contributed by atoms with E-state index >= 15 is 0 Å². The summed E-state index contributed by atoms with van der Waals surface area (Å²) in [7, 11) is -1.02. The van der Waals surface area contributed by atoms with Crippen LogP contribution in [-0.2, 0) is 13.9 Å². The van der Waals surface area contributed by atoms with Gasteiger partial charge in [-0.3, -0.25) is 0 Å². The lowest BCUT2D eigenvalue weighted by atomic mass is 10.0. The number of hydrogen-bond acceptors (Lipinski definition) is 4. The third-order valence-electron chi connectivity index (χ3n) is 5.63. The van der Waals surface area contributed by atoms with E-state index in [2.05, 4.69) is 69.3 Å². The number of aliphatic hydroxyl groups excluding tert-OH is 1. The number of benzene rings is 2. The van der Waals surface area contributed by atoms with E-state index < -0.39 is 14.6 Å². The topological polar surface area (TPSA) is 47.9 Å². The van der Waals surface area contributed by atoms with Crippen molar-refractivity contribution in [2.75, 3.05) is 20.3 Å². The Kier molecular flexibility index (Phi) is 7.08. The van der Waals surface area contributed by atoms with Crippen LogP contribution < -0.4 is 10.4 Å². The maximum Gasteiger partial charge on any atom is 0.261 e. The summed E-state index contributed by atoms with van der Waals surface area (Å²) in [6, 6.07) is 21.1. The van der Waals surface area contributed by atoms with E-state index in [0.717, 1.165) is 0 Å². The quantitative estimate of drug-likeness (QED) is 0.561. The van der Waals surface area contributed by atoms with Crippen molar-refractivity contribution >= 4 is 18.7 Å². The Hall–Kier alpha value is -1.76. The van der Waals surface area contributed by atoms with Crippen LogP contribution >= 0.6 is 0 Å². The minimum Gasteiger partial charge on any atom is -0.405 e. The fourth-order valence-electron chi connectivity index (χ4n) is 4.12. The van der Waals surface area contributed by atoms with Gasteiger partial charge in [-0.15, -0.1) is 0 Å². The molecule has 4 nitrogen and oxygen atoms in total. The molecule has 0 bridgehead atoms. The van der Waals surface area contributed by atoms with Crippen molar-refractivity contribution < 1.29 is 19.0 Å². The van der Waals surface area contributed by atoms with Gasteiger partial charge in [-0.05, 0) is 21.5 Å². The van der Waals surface area contributed by atoms with Gasteiger partial charge in [0, 0.05) is 13.0 Å². The normalized spacial score (nSPS) is 22.6. The van der Waals surface area contributed by atoms with Gasteiger partial charge in [0.2, 0.25) is 0 Å². The van der Waals surface area contributed by atoms with E-state index in [4.69, 9.17) is 13.9 Å². The summed E-state index contributed by atoms with van der Waals surface area (Å²) >= 11 is 0. The standard InChI is InChI=1S/C24H32O4Si/c1-24(2,3)29(20-11-7-5-8-12-20,21-13-9-6-10-14-21)27-18-22-19(17-25)15-16-23(26-4)28-22/h5-16,19,22-23,25H,17-18H2,1-4H3/t19-,22-,23+/m1/s1. The van der Waals surface area contributed by atoms with Crippen molar-refractivity contribution in [2.24, 2.45) is 5.92 Å². The van der Waals surface area contributed by atoms with Gasteiger partial charge in [0.15, 0.2) is 6.29 Å². The lowest BCUT2D eigenvalue weighted by Crippen LogP contribution is -2.67. The summed E-state index contributed by atoms with van der Waals surface area (Å²) in [6.45, 7) is 7.16. The fourth-order valence-corrected chi connectivity index (χ4v) is 8.69. The highest BCUT2D eigenvalue weighted by atomic mass is 28.4. The minimum atomic E-state index is -2.63. The van der Waals surface area contributed by atoms with E-state index in [0.29, 0.717) is 6.61 Å². The minimum absolute atomic E-state index is 0.0156. The average Bonchev–Trinajstić information content (AvgIpc) is 2.74. The summed E-state index contributed by atoms with van der Waals surface area (Å²) in [5.41, 5.74) is 0. The zero-order chi connectivity index (χ0) is 20.9. The van der Waals surface area contributed by atoms with Gasteiger partial charge < -0.3 is 19.0 Å². The molecule has 29 heavy (non-hydrogen) atoms. The van der Waals surface area contributed by atoms with E-state index in [1.54, 1.807) is 7.11 Å². The van der Waals surface area contributed by atoms with E-state index in [9.17, 15) is 5.11 Å². The maximum atomic E-state index is 9.83. The summed E-state index contributed by atoms with van der Waals surface area (Å²) in [5, 5.41) is 12.2. The number of hydrogen-bond donors (Lipinski definition) is 1. The molecule has 2 aromatic rings. The number of ether oxygens (including phenoxy) is 2. The molecule has 3 rings (SSSR count). The number of aliphatic hydroxyl groups is 1. The molecule has 0 saturated carbocycles. The Labute approximate surface area is 175 Å². The smallest absolute Gasteiger partial charge is 0.261 e. The zero-order valence-electron chi connectivity index (χ0n) is 17.7. The van der Waals surface area contributed by atoms with Crippen LogP contribution in [0.5, 0.6) is 0 Å². The molecule has 1 N–H and O–H groups in total. The molecule has 0 saturated heterocycles. The van der Waals surface area contributed by atoms with E-state index in [-0.39, 0.29) is 23.7 Å². The Balaban J connectivity index is 2.01. The molecule has 1 aliphatic heterocycles.